The number of halogens is 2. The molecule has 0 aliphatic carbocycles. The first-order chi connectivity index (χ1) is 9.81. The average Bonchev–Trinajstić information content (AvgIpc) is 2.39. The van der Waals surface area contributed by atoms with Gasteiger partial charge in [-0.25, -0.2) is 13.6 Å². The van der Waals surface area contributed by atoms with Crippen LogP contribution in [0.1, 0.15) is 30.2 Å². The quantitative estimate of drug-likeness (QED) is 0.946. The molecule has 1 heterocycles. The lowest BCUT2D eigenvalue weighted by Crippen LogP contribution is -2.20. The van der Waals surface area contributed by atoms with Gasteiger partial charge < -0.3 is 9.67 Å². The first kappa shape index (κ1) is 14.9. The third-order valence-corrected chi connectivity index (χ3v) is 3.09. The van der Waals surface area contributed by atoms with E-state index >= 15 is 0 Å². The molecule has 0 aliphatic heterocycles. The van der Waals surface area contributed by atoms with Gasteiger partial charge >= 0.3 is 5.97 Å². The van der Waals surface area contributed by atoms with Gasteiger partial charge in [0.25, 0.3) is 0 Å². The van der Waals surface area contributed by atoms with E-state index in [0.717, 1.165) is 12.1 Å². The van der Waals surface area contributed by atoms with Crippen LogP contribution in [0.3, 0.4) is 0 Å². The molecule has 2 aromatic rings. The molecular formula is C15H13F2NO3. The Morgan fingerprint density at radius 3 is 2.38 bits per heavy atom. The van der Waals surface area contributed by atoms with Crippen molar-refractivity contribution < 1.29 is 18.7 Å². The van der Waals surface area contributed by atoms with Crippen LogP contribution in [0.2, 0.25) is 0 Å². The van der Waals surface area contributed by atoms with Gasteiger partial charge in [-0.1, -0.05) is 0 Å². The van der Waals surface area contributed by atoms with Gasteiger partial charge in [-0.3, -0.25) is 4.79 Å². The number of carboxylic acid groups (broad SMARTS) is 1. The van der Waals surface area contributed by atoms with E-state index in [4.69, 9.17) is 5.11 Å². The second kappa shape index (κ2) is 5.47. The number of nitrogens with zero attached hydrogens (tertiary/aromatic N) is 1. The topological polar surface area (TPSA) is 59.3 Å². The van der Waals surface area contributed by atoms with E-state index in [1.165, 1.54) is 17.0 Å². The fraction of sp³-hybridized carbons (Fsp3) is 0.200. The Morgan fingerprint density at radius 2 is 1.86 bits per heavy atom. The summed E-state index contributed by atoms with van der Waals surface area (Å²) in [5.74, 6) is -3.07. The van der Waals surface area contributed by atoms with Crippen LogP contribution in [0.5, 0.6) is 0 Å². The third-order valence-electron chi connectivity index (χ3n) is 3.09. The Balaban J connectivity index is 2.78. The zero-order chi connectivity index (χ0) is 15.7. The maximum Gasteiger partial charge on any atom is 0.341 e. The van der Waals surface area contributed by atoms with Crippen molar-refractivity contribution in [1.82, 2.24) is 4.57 Å². The molecule has 0 unspecified atom stereocenters. The molecule has 1 aromatic heterocycles. The Kier molecular flexibility index (Phi) is 3.88. The van der Waals surface area contributed by atoms with E-state index < -0.39 is 28.6 Å². The molecule has 0 amide bonds. The SMILES string of the molecule is CC(C)n1cc(C(=O)O)c(=O)c(-c2ccc(F)cc2F)c1. The van der Waals surface area contributed by atoms with Crippen LogP contribution in [0.25, 0.3) is 11.1 Å². The minimum atomic E-state index is -1.39. The molecule has 4 nitrogen and oxygen atoms in total. The Hall–Kier alpha value is -2.50. The van der Waals surface area contributed by atoms with E-state index in [1.54, 1.807) is 13.8 Å². The number of rotatable bonds is 3. The van der Waals surface area contributed by atoms with E-state index in [9.17, 15) is 18.4 Å². The van der Waals surface area contributed by atoms with Crippen molar-refractivity contribution >= 4 is 5.97 Å². The first-order valence-electron chi connectivity index (χ1n) is 6.25. The molecule has 0 saturated carbocycles. The maximum atomic E-state index is 13.8. The molecule has 0 atom stereocenters. The highest BCUT2D eigenvalue weighted by molar-refractivity contribution is 5.88. The molecule has 21 heavy (non-hydrogen) atoms. The van der Waals surface area contributed by atoms with Crippen LogP contribution in [-0.4, -0.2) is 15.6 Å². The lowest BCUT2D eigenvalue weighted by molar-refractivity contribution is 0.0694. The monoisotopic (exact) mass is 293 g/mol. The molecule has 0 fully saturated rings. The summed E-state index contributed by atoms with van der Waals surface area (Å²) in [5.41, 5.74) is -1.49. The highest BCUT2D eigenvalue weighted by atomic mass is 19.1. The van der Waals surface area contributed by atoms with Crippen molar-refractivity contribution in [3.63, 3.8) is 0 Å². The van der Waals surface area contributed by atoms with Gasteiger partial charge in [-0.15, -0.1) is 0 Å². The lowest BCUT2D eigenvalue weighted by atomic mass is 10.0. The number of carbonyl (C=O) groups is 1. The molecule has 0 aliphatic rings. The predicted octanol–water partition coefficient (Wildman–Crippen LogP) is 3.07. The second-order valence-electron chi connectivity index (χ2n) is 4.88. The minimum absolute atomic E-state index is 0.110. The average molecular weight is 293 g/mol. The molecule has 110 valence electrons. The van der Waals surface area contributed by atoms with Gasteiger partial charge in [0, 0.05) is 35.6 Å². The molecule has 6 heteroatoms. The molecule has 0 radical (unpaired) electrons. The minimum Gasteiger partial charge on any atom is -0.477 e. The van der Waals surface area contributed by atoms with Crippen molar-refractivity contribution in [3.05, 3.63) is 58.0 Å². The Morgan fingerprint density at radius 1 is 1.19 bits per heavy atom. The molecule has 0 saturated heterocycles. The van der Waals surface area contributed by atoms with Gasteiger partial charge in [-0.2, -0.15) is 0 Å². The standard InChI is InChI=1S/C15H13F2NO3/c1-8(2)18-6-11(14(19)12(7-18)15(20)21)10-4-3-9(16)5-13(10)17/h3-8H,1-2H3,(H,20,21). The summed E-state index contributed by atoms with van der Waals surface area (Å²) in [6.45, 7) is 3.59. The summed E-state index contributed by atoms with van der Waals surface area (Å²) in [5, 5.41) is 9.09. The number of aromatic nitrogens is 1. The summed E-state index contributed by atoms with van der Waals surface area (Å²) < 4.78 is 28.3. The summed E-state index contributed by atoms with van der Waals surface area (Å²) in [7, 11) is 0. The largest absolute Gasteiger partial charge is 0.477 e. The van der Waals surface area contributed by atoms with Gasteiger partial charge in [0.05, 0.1) is 0 Å². The third kappa shape index (κ3) is 2.84. The molecule has 0 bridgehead atoms. The second-order valence-corrected chi connectivity index (χ2v) is 4.88. The van der Waals surface area contributed by atoms with E-state index in [1.807, 2.05) is 0 Å². The molecule has 1 aromatic carbocycles. The van der Waals surface area contributed by atoms with E-state index in [2.05, 4.69) is 0 Å². The van der Waals surface area contributed by atoms with Crippen LogP contribution in [0, 0.1) is 11.6 Å². The zero-order valence-electron chi connectivity index (χ0n) is 11.4. The Bertz CT molecular complexity index is 766. The number of benzene rings is 1. The summed E-state index contributed by atoms with van der Waals surface area (Å²) >= 11 is 0. The lowest BCUT2D eigenvalue weighted by Gasteiger charge is -2.14. The number of aromatic carboxylic acids is 1. The van der Waals surface area contributed by atoms with Crippen LogP contribution >= 0.6 is 0 Å². The summed E-state index contributed by atoms with van der Waals surface area (Å²) in [4.78, 5) is 23.3. The number of carboxylic acids is 1. The predicted molar refractivity (Wildman–Crippen MR) is 73.4 cm³/mol. The number of hydrogen-bond acceptors (Lipinski definition) is 2. The molecule has 0 spiro atoms. The maximum absolute atomic E-state index is 13.8. The van der Waals surface area contributed by atoms with E-state index in [0.29, 0.717) is 6.07 Å². The van der Waals surface area contributed by atoms with E-state index in [-0.39, 0.29) is 17.2 Å². The summed E-state index contributed by atoms with van der Waals surface area (Å²) in [6.07, 6.45) is 2.58. The molecule has 1 N–H and O–H groups in total. The van der Waals surface area contributed by atoms with Gasteiger partial charge in [0.1, 0.15) is 17.2 Å². The van der Waals surface area contributed by atoms with Crippen molar-refractivity contribution in [3.8, 4) is 11.1 Å². The normalized spacial score (nSPS) is 10.9. The smallest absolute Gasteiger partial charge is 0.341 e. The van der Waals surface area contributed by atoms with Gasteiger partial charge in [-0.05, 0) is 26.0 Å². The van der Waals surface area contributed by atoms with Crippen LogP contribution in [-0.2, 0) is 0 Å². The zero-order valence-corrected chi connectivity index (χ0v) is 11.4. The fourth-order valence-corrected chi connectivity index (χ4v) is 1.95. The highest BCUT2D eigenvalue weighted by Gasteiger charge is 2.18. The Labute approximate surface area is 119 Å². The van der Waals surface area contributed by atoms with Crippen LogP contribution in [0.4, 0.5) is 8.78 Å². The first-order valence-corrected chi connectivity index (χ1v) is 6.25. The fourth-order valence-electron chi connectivity index (χ4n) is 1.95. The van der Waals surface area contributed by atoms with Crippen LogP contribution < -0.4 is 5.43 Å². The number of pyridine rings is 1. The van der Waals surface area contributed by atoms with Crippen molar-refractivity contribution in [2.45, 2.75) is 19.9 Å². The highest BCUT2D eigenvalue weighted by Crippen LogP contribution is 2.22. The van der Waals surface area contributed by atoms with Gasteiger partial charge in [0.15, 0.2) is 0 Å². The van der Waals surface area contributed by atoms with Gasteiger partial charge in [0.2, 0.25) is 5.43 Å². The number of hydrogen-bond donors (Lipinski definition) is 1. The van der Waals surface area contributed by atoms with Crippen LogP contribution in [0.15, 0.2) is 35.4 Å². The molecule has 2 rings (SSSR count). The van der Waals surface area contributed by atoms with Crippen molar-refractivity contribution in [2.75, 3.05) is 0 Å². The van der Waals surface area contributed by atoms with Crippen molar-refractivity contribution in [2.24, 2.45) is 0 Å². The summed E-state index contributed by atoms with van der Waals surface area (Å²) in [6, 6.07) is 2.68. The van der Waals surface area contributed by atoms with Crippen molar-refractivity contribution in [1.29, 1.82) is 0 Å². The molecular weight excluding hydrogens is 280 g/mol.